The number of carbonyl (C=O) groups is 1. The van der Waals surface area contributed by atoms with Gasteiger partial charge in [-0.2, -0.15) is 0 Å². The monoisotopic (exact) mass is 220 g/mol. The Kier molecular flexibility index (Phi) is 2.77. The summed E-state index contributed by atoms with van der Waals surface area (Å²) in [7, 11) is 0. The van der Waals surface area contributed by atoms with E-state index in [0.717, 1.165) is 0 Å². The van der Waals surface area contributed by atoms with E-state index < -0.39 is 6.09 Å². The number of hydrogen-bond donors (Lipinski definition) is 2. The SMILES string of the molecule is O=C(O)NCc1cc(-c2ncccn2)no1. The Morgan fingerprint density at radius 2 is 2.19 bits per heavy atom. The molecule has 0 spiro atoms. The zero-order valence-corrected chi connectivity index (χ0v) is 8.12. The van der Waals surface area contributed by atoms with Crippen molar-refractivity contribution < 1.29 is 14.4 Å². The van der Waals surface area contributed by atoms with Gasteiger partial charge in [-0.3, -0.25) is 0 Å². The first-order chi connectivity index (χ1) is 7.75. The van der Waals surface area contributed by atoms with Crippen LogP contribution in [0.25, 0.3) is 11.5 Å². The third kappa shape index (κ3) is 2.32. The van der Waals surface area contributed by atoms with Gasteiger partial charge >= 0.3 is 6.09 Å². The molecule has 7 nitrogen and oxygen atoms in total. The van der Waals surface area contributed by atoms with Gasteiger partial charge in [0.25, 0.3) is 0 Å². The molecule has 2 N–H and O–H groups in total. The van der Waals surface area contributed by atoms with Crippen LogP contribution < -0.4 is 5.32 Å². The van der Waals surface area contributed by atoms with Crippen molar-refractivity contribution in [1.82, 2.24) is 20.4 Å². The van der Waals surface area contributed by atoms with Gasteiger partial charge in [-0.1, -0.05) is 5.16 Å². The van der Waals surface area contributed by atoms with Gasteiger partial charge in [-0.25, -0.2) is 14.8 Å². The molecule has 7 heteroatoms. The summed E-state index contributed by atoms with van der Waals surface area (Å²) in [4.78, 5) is 18.2. The van der Waals surface area contributed by atoms with Gasteiger partial charge in [-0.05, 0) is 6.07 Å². The zero-order chi connectivity index (χ0) is 11.4. The maximum atomic E-state index is 10.3. The highest BCUT2D eigenvalue weighted by Crippen LogP contribution is 2.13. The molecule has 0 atom stereocenters. The average Bonchev–Trinajstić information content (AvgIpc) is 2.76. The number of amides is 1. The van der Waals surface area contributed by atoms with Crippen molar-refractivity contribution in [2.45, 2.75) is 6.54 Å². The quantitative estimate of drug-likeness (QED) is 0.796. The number of carboxylic acid groups (broad SMARTS) is 1. The minimum atomic E-state index is -1.12. The molecule has 0 aliphatic rings. The molecular formula is C9H8N4O3. The molecule has 0 fully saturated rings. The molecule has 16 heavy (non-hydrogen) atoms. The van der Waals surface area contributed by atoms with E-state index in [1.54, 1.807) is 24.5 Å². The number of rotatable bonds is 3. The maximum absolute atomic E-state index is 10.3. The van der Waals surface area contributed by atoms with E-state index in [4.69, 9.17) is 9.63 Å². The van der Waals surface area contributed by atoms with E-state index in [2.05, 4.69) is 20.4 Å². The predicted molar refractivity (Wildman–Crippen MR) is 52.4 cm³/mol. The topological polar surface area (TPSA) is 101 Å². The molecule has 0 unspecified atom stereocenters. The smallest absolute Gasteiger partial charge is 0.405 e. The van der Waals surface area contributed by atoms with Crippen molar-refractivity contribution >= 4 is 6.09 Å². The maximum Gasteiger partial charge on any atom is 0.405 e. The Morgan fingerprint density at radius 1 is 1.44 bits per heavy atom. The molecule has 2 rings (SSSR count). The minimum Gasteiger partial charge on any atom is -0.465 e. The lowest BCUT2D eigenvalue weighted by Crippen LogP contribution is -2.19. The van der Waals surface area contributed by atoms with E-state index in [9.17, 15) is 4.79 Å². The lowest BCUT2D eigenvalue weighted by molar-refractivity contribution is 0.192. The molecule has 2 heterocycles. The van der Waals surface area contributed by atoms with Crippen LogP contribution in [0.2, 0.25) is 0 Å². The van der Waals surface area contributed by atoms with Crippen molar-refractivity contribution in [3.05, 3.63) is 30.3 Å². The predicted octanol–water partition coefficient (Wildman–Crippen LogP) is 0.899. The number of hydrogen-bond acceptors (Lipinski definition) is 5. The van der Waals surface area contributed by atoms with Crippen LogP contribution in [0.3, 0.4) is 0 Å². The first kappa shape index (κ1) is 10.1. The van der Waals surface area contributed by atoms with E-state index in [1.807, 2.05) is 0 Å². The van der Waals surface area contributed by atoms with Crippen LogP contribution in [-0.2, 0) is 6.54 Å². The number of nitrogens with zero attached hydrogens (tertiary/aromatic N) is 3. The van der Waals surface area contributed by atoms with Gasteiger partial charge in [0.1, 0.15) is 0 Å². The van der Waals surface area contributed by atoms with Crippen LogP contribution in [0.4, 0.5) is 4.79 Å². The molecule has 2 aromatic heterocycles. The van der Waals surface area contributed by atoms with Crippen molar-refractivity contribution in [3.63, 3.8) is 0 Å². The summed E-state index contributed by atoms with van der Waals surface area (Å²) >= 11 is 0. The van der Waals surface area contributed by atoms with Gasteiger partial charge in [0, 0.05) is 18.5 Å². The highest BCUT2D eigenvalue weighted by molar-refractivity contribution is 5.64. The Balaban J connectivity index is 2.11. The largest absolute Gasteiger partial charge is 0.465 e. The Morgan fingerprint density at radius 3 is 2.88 bits per heavy atom. The molecule has 0 saturated heterocycles. The molecule has 0 bridgehead atoms. The minimum absolute atomic E-state index is 0.0646. The number of nitrogens with one attached hydrogen (secondary N) is 1. The first-order valence-electron chi connectivity index (χ1n) is 4.45. The van der Waals surface area contributed by atoms with Crippen LogP contribution in [0.1, 0.15) is 5.76 Å². The fourth-order valence-corrected chi connectivity index (χ4v) is 1.10. The fraction of sp³-hybridized carbons (Fsp3) is 0.111. The summed E-state index contributed by atoms with van der Waals surface area (Å²) < 4.78 is 4.91. The summed E-state index contributed by atoms with van der Waals surface area (Å²) in [5.41, 5.74) is 0.475. The van der Waals surface area contributed by atoms with Gasteiger partial charge in [0.15, 0.2) is 17.3 Å². The summed E-state index contributed by atoms with van der Waals surface area (Å²) in [6.45, 7) is 0.0646. The molecule has 0 radical (unpaired) electrons. The van der Waals surface area contributed by atoms with E-state index >= 15 is 0 Å². The van der Waals surface area contributed by atoms with E-state index in [0.29, 0.717) is 17.3 Å². The standard InChI is InChI=1S/C9H8N4O3/c14-9(15)12-5-6-4-7(13-16-6)8-10-2-1-3-11-8/h1-4,12H,5H2,(H,14,15). The molecule has 2 aromatic rings. The van der Waals surface area contributed by atoms with Crippen molar-refractivity contribution in [3.8, 4) is 11.5 Å². The first-order valence-corrected chi connectivity index (χ1v) is 4.45. The van der Waals surface area contributed by atoms with E-state index in [-0.39, 0.29) is 6.54 Å². The van der Waals surface area contributed by atoms with Crippen LogP contribution in [0.5, 0.6) is 0 Å². The van der Waals surface area contributed by atoms with Crippen LogP contribution in [0.15, 0.2) is 29.0 Å². The molecule has 0 aliphatic carbocycles. The average molecular weight is 220 g/mol. The second-order valence-corrected chi connectivity index (χ2v) is 2.91. The Bertz CT molecular complexity index is 483. The highest BCUT2D eigenvalue weighted by atomic mass is 16.5. The summed E-state index contributed by atoms with van der Waals surface area (Å²) in [5, 5.41) is 14.3. The van der Waals surface area contributed by atoms with Crippen molar-refractivity contribution in [1.29, 1.82) is 0 Å². The van der Waals surface area contributed by atoms with Gasteiger partial charge < -0.3 is 14.9 Å². The van der Waals surface area contributed by atoms with Crippen LogP contribution in [0, 0.1) is 0 Å². The molecule has 0 saturated carbocycles. The Hall–Kier alpha value is -2.44. The normalized spacial score (nSPS) is 10.0. The van der Waals surface area contributed by atoms with Crippen molar-refractivity contribution in [2.75, 3.05) is 0 Å². The fourth-order valence-electron chi connectivity index (χ4n) is 1.10. The molecular weight excluding hydrogens is 212 g/mol. The van der Waals surface area contributed by atoms with Crippen LogP contribution in [-0.4, -0.2) is 26.3 Å². The summed E-state index contributed by atoms with van der Waals surface area (Å²) in [6.07, 6.45) is 2.06. The lowest BCUT2D eigenvalue weighted by Gasteiger charge is -1.93. The highest BCUT2D eigenvalue weighted by Gasteiger charge is 2.08. The van der Waals surface area contributed by atoms with E-state index in [1.165, 1.54) is 0 Å². The summed E-state index contributed by atoms with van der Waals surface area (Å²) in [6, 6.07) is 3.28. The third-order valence-electron chi connectivity index (χ3n) is 1.77. The molecule has 1 amide bonds. The van der Waals surface area contributed by atoms with Crippen LogP contribution >= 0.6 is 0 Å². The second kappa shape index (κ2) is 4.39. The molecule has 82 valence electrons. The van der Waals surface area contributed by atoms with Crippen molar-refractivity contribution in [2.24, 2.45) is 0 Å². The summed E-state index contributed by atoms with van der Waals surface area (Å²) in [5.74, 6) is 0.845. The molecule has 0 aliphatic heterocycles. The third-order valence-corrected chi connectivity index (χ3v) is 1.77. The Labute approximate surface area is 90.1 Å². The second-order valence-electron chi connectivity index (χ2n) is 2.91. The van der Waals surface area contributed by atoms with Gasteiger partial charge in [0.2, 0.25) is 0 Å². The zero-order valence-electron chi connectivity index (χ0n) is 8.12. The van der Waals surface area contributed by atoms with Gasteiger partial charge in [-0.15, -0.1) is 0 Å². The number of aromatic nitrogens is 3. The molecule has 0 aromatic carbocycles. The lowest BCUT2D eigenvalue weighted by atomic mass is 10.3. The van der Waals surface area contributed by atoms with Gasteiger partial charge in [0.05, 0.1) is 6.54 Å².